The molecule has 144 valence electrons. The second kappa shape index (κ2) is 7.39. The lowest BCUT2D eigenvalue weighted by molar-refractivity contribution is 0.538. The summed E-state index contributed by atoms with van der Waals surface area (Å²) in [5.41, 5.74) is 13.0. The lowest BCUT2D eigenvalue weighted by Gasteiger charge is -2.32. The van der Waals surface area contributed by atoms with Gasteiger partial charge in [0.1, 0.15) is 0 Å². The molecule has 0 unspecified atom stereocenters. The molecular weight excluding hydrogens is 336 g/mol. The van der Waals surface area contributed by atoms with Crippen molar-refractivity contribution in [2.45, 2.75) is 71.1 Å². The van der Waals surface area contributed by atoms with Crippen LogP contribution in [-0.2, 0) is 0 Å². The molecule has 2 aromatic rings. The lowest BCUT2D eigenvalue weighted by atomic mass is 9.71. The Kier molecular flexibility index (Phi) is 4.75. The predicted octanol–water partition coefficient (Wildman–Crippen LogP) is 7.81. The number of rotatable bonds is 3. The monoisotopic (exact) mass is 368 g/mol. The maximum atomic E-state index is 2.44. The minimum atomic E-state index is 0.466. The molecule has 0 saturated carbocycles. The minimum absolute atomic E-state index is 0.466. The highest BCUT2D eigenvalue weighted by atomic mass is 14.4. The molecule has 2 aromatic carbocycles. The molecule has 3 aliphatic carbocycles. The largest absolute Gasteiger partial charge is 0.0617 e. The molecule has 0 aromatic heterocycles. The molecule has 5 rings (SSSR count). The fraction of sp³-hybridized carbons (Fsp3) is 0.429. The topological polar surface area (TPSA) is 0 Å². The standard InChI is InChI=1S/C28H32/c1-19-9-7-11-21(17-19)27(22-12-8-10-20(2)18-22)28-25-15-5-3-13-23(25)24-14-4-6-16-26(24)28/h7-12,17-18,27-28H,3-6,13-16H2,1-2H3. The Balaban J connectivity index is 1.70. The Morgan fingerprint density at radius 1 is 0.643 bits per heavy atom. The number of fused-ring (bicyclic) bond motifs is 1. The first-order chi connectivity index (χ1) is 13.7. The van der Waals surface area contributed by atoms with Crippen molar-refractivity contribution in [3.05, 3.63) is 93.1 Å². The van der Waals surface area contributed by atoms with Gasteiger partial charge in [-0.05, 0) is 87.5 Å². The number of hydrogen-bond acceptors (Lipinski definition) is 0. The average molecular weight is 369 g/mol. The molecule has 0 N–H and O–H groups in total. The fourth-order valence-corrected chi connectivity index (χ4v) is 6.15. The van der Waals surface area contributed by atoms with Crippen molar-refractivity contribution >= 4 is 0 Å². The first kappa shape index (κ1) is 18.0. The maximum absolute atomic E-state index is 2.44. The Bertz CT molecular complexity index is 878. The van der Waals surface area contributed by atoms with Gasteiger partial charge in [0.15, 0.2) is 0 Å². The van der Waals surface area contributed by atoms with E-state index in [1.807, 2.05) is 11.1 Å². The van der Waals surface area contributed by atoms with Crippen LogP contribution in [0.2, 0.25) is 0 Å². The van der Waals surface area contributed by atoms with Crippen molar-refractivity contribution in [1.82, 2.24) is 0 Å². The first-order valence-electron chi connectivity index (χ1n) is 11.3. The van der Waals surface area contributed by atoms with Gasteiger partial charge in [-0.15, -0.1) is 0 Å². The second-order valence-electron chi connectivity index (χ2n) is 9.21. The SMILES string of the molecule is Cc1cccc(C(c2cccc(C)c2)C2C3=C(CCCC3)C3=C2CCCC3)c1. The lowest BCUT2D eigenvalue weighted by Crippen LogP contribution is -2.19. The third-order valence-corrected chi connectivity index (χ3v) is 7.27. The summed E-state index contributed by atoms with van der Waals surface area (Å²) in [6, 6.07) is 18.6. The van der Waals surface area contributed by atoms with E-state index < -0.39 is 0 Å². The van der Waals surface area contributed by atoms with Gasteiger partial charge in [0.2, 0.25) is 0 Å². The molecule has 0 amide bonds. The van der Waals surface area contributed by atoms with Gasteiger partial charge in [0, 0.05) is 11.8 Å². The van der Waals surface area contributed by atoms with Crippen LogP contribution in [0.4, 0.5) is 0 Å². The van der Waals surface area contributed by atoms with Crippen LogP contribution < -0.4 is 0 Å². The molecule has 0 fully saturated rings. The first-order valence-corrected chi connectivity index (χ1v) is 11.3. The summed E-state index contributed by atoms with van der Waals surface area (Å²) < 4.78 is 0. The Hall–Kier alpha value is -2.08. The third-order valence-electron chi connectivity index (χ3n) is 7.27. The van der Waals surface area contributed by atoms with Crippen molar-refractivity contribution in [1.29, 1.82) is 0 Å². The van der Waals surface area contributed by atoms with E-state index in [0.717, 1.165) is 0 Å². The van der Waals surface area contributed by atoms with Crippen LogP contribution in [0.3, 0.4) is 0 Å². The third kappa shape index (κ3) is 3.08. The van der Waals surface area contributed by atoms with Gasteiger partial charge >= 0.3 is 0 Å². The molecule has 0 atom stereocenters. The minimum Gasteiger partial charge on any atom is -0.0617 e. The van der Waals surface area contributed by atoms with E-state index in [0.29, 0.717) is 11.8 Å². The van der Waals surface area contributed by atoms with Gasteiger partial charge in [-0.1, -0.05) is 70.8 Å². The van der Waals surface area contributed by atoms with Crippen LogP contribution in [-0.4, -0.2) is 0 Å². The number of benzene rings is 2. The maximum Gasteiger partial charge on any atom is 0.0193 e. The van der Waals surface area contributed by atoms with E-state index in [1.165, 1.54) is 73.6 Å². The summed E-state index contributed by atoms with van der Waals surface area (Å²) in [6.07, 6.45) is 10.8. The molecule has 0 spiro atoms. The molecule has 3 aliphatic rings. The zero-order valence-corrected chi connectivity index (χ0v) is 17.4. The Labute approximate surface area is 170 Å². The molecule has 0 nitrogen and oxygen atoms in total. The van der Waals surface area contributed by atoms with Crippen LogP contribution in [0.5, 0.6) is 0 Å². The Morgan fingerprint density at radius 3 is 1.57 bits per heavy atom. The van der Waals surface area contributed by atoms with Crippen molar-refractivity contribution in [3.8, 4) is 0 Å². The van der Waals surface area contributed by atoms with Crippen molar-refractivity contribution in [2.24, 2.45) is 5.92 Å². The zero-order chi connectivity index (χ0) is 19.1. The van der Waals surface area contributed by atoms with Gasteiger partial charge in [0.05, 0.1) is 0 Å². The highest BCUT2D eigenvalue weighted by Gasteiger charge is 2.40. The number of aryl methyl sites for hydroxylation is 2. The van der Waals surface area contributed by atoms with Crippen LogP contribution in [0, 0.1) is 19.8 Å². The van der Waals surface area contributed by atoms with Gasteiger partial charge in [-0.25, -0.2) is 0 Å². The highest BCUT2D eigenvalue weighted by Crippen LogP contribution is 2.55. The van der Waals surface area contributed by atoms with Gasteiger partial charge < -0.3 is 0 Å². The van der Waals surface area contributed by atoms with Crippen LogP contribution in [0.15, 0.2) is 70.8 Å². The van der Waals surface area contributed by atoms with E-state index in [4.69, 9.17) is 0 Å². The molecule has 0 heterocycles. The average Bonchev–Trinajstić information content (AvgIpc) is 3.03. The summed E-state index contributed by atoms with van der Waals surface area (Å²) >= 11 is 0. The number of allylic oxidation sites excluding steroid dienone is 4. The van der Waals surface area contributed by atoms with E-state index in [2.05, 4.69) is 62.4 Å². The summed E-state index contributed by atoms with van der Waals surface area (Å²) in [6.45, 7) is 4.48. The predicted molar refractivity (Wildman–Crippen MR) is 119 cm³/mol. The molecule has 0 heteroatoms. The van der Waals surface area contributed by atoms with E-state index in [1.54, 1.807) is 11.1 Å². The quantitative estimate of drug-likeness (QED) is 0.518. The molecule has 0 bridgehead atoms. The molecule has 28 heavy (non-hydrogen) atoms. The van der Waals surface area contributed by atoms with E-state index >= 15 is 0 Å². The van der Waals surface area contributed by atoms with Gasteiger partial charge in [-0.3, -0.25) is 0 Å². The highest BCUT2D eigenvalue weighted by molar-refractivity contribution is 5.55. The van der Waals surface area contributed by atoms with Crippen molar-refractivity contribution < 1.29 is 0 Å². The van der Waals surface area contributed by atoms with Crippen molar-refractivity contribution in [3.63, 3.8) is 0 Å². The molecule has 0 aliphatic heterocycles. The fourth-order valence-electron chi connectivity index (χ4n) is 6.15. The van der Waals surface area contributed by atoms with Crippen LogP contribution in [0.25, 0.3) is 0 Å². The second-order valence-corrected chi connectivity index (χ2v) is 9.21. The summed E-state index contributed by atoms with van der Waals surface area (Å²) in [4.78, 5) is 0. The van der Waals surface area contributed by atoms with Gasteiger partial charge in [-0.2, -0.15) is 0 Å². The van der Waals surface area contributed by atoms with E-state index in [9.17, 15) is 0 Å². The Morgan fingerprint density at radius 2 is 1.11 bits per heavy atom. The molecule has 0 saturated heterocycles. The summed E-state index contributed by atoms with van der Waals surface area (Å²) in [5.74, 6) is 1.07. The molecule has 0 radical (unpaired) electrons. The normalized spacial score (nSPS) is 20.0. The number of hydrogen-bond donors (Lipinski definition) is 0. The summed E-state index contributed by atoms with van der Waals surface area (Å²) in [7, 11) is 0. The van der Waals surface area contributed by atoms with Crippen LogP contribution in [0.1, 0.15) is 79.5 Å². The molecular formula is C28H32. The zero-order valence-electron chi connectivity index (χ0n) is 17.4. The summed E-state index contributed by atoms with van der Waals surface area (Å²) in [5, 5.41) is 0. The van der Waals surface area contributed by atoms with Crippen LogP contribution >= 0.6 is 0 Å². The van der Waals surface area contributed by atoms with Crippen molar-refractivity contribution in [2.75, 3.05) is 0 Å². The smallest absolute Gasteiger partial charge is 0.0193 e. The van der Waals surface area contributed by atoms with Gasteiger partial charge in [0.25, 0.3) is 0 Å². The van der Waals surface area contributed by atoms with E-state index in [-0.39, 0.29) is 0 Å².